The summed E-state index contributed by atoms with van der Waals surface area (Å²) >= 11 is 0. The average Bonchev–Trinajstić information content (AvgIpc) is 2.03. The second-order valence-corrected chi connectivity index (χ2v) is 3.43. The second-order valence-electron chi connectivity index (χ2n) is 3.43. The minimum Gasteiger partial charge on any atom is -0.481 e. The molecule has 0 aromatic carbocycles. The molecule has 0 fully saturated rings. The van der Waals surface area contributed by atoms with Gasteiger partial charge in [0.05, 0.1) is 5.92 Å². The van der Waals surface area contributed by atoms with Crippen LogP contribution in [0, 0.1) is 11.8 Å². The molecule has 0 aliphatic heterocycles. The molecule has 82 valence electrons. The van der Waals surface area contributed by atoms with E-state index in [9.17, 15) is 9.59 Å². The fourth-order valence-electron chi connectivity index (χ4n) is 1.03. The fraction of sp³-hybridized carbons (Fsp3) is 0.778. The van der Waals surface area contributed by atoms with E-state index in [2.05, 4.69) is 10.6 Å². The summed E-state index contributed by atoms with van der Waals surface area (Å²) in [6, 6.07) is -0.320. The minimum absolute atomic E-state index is 0.00873. The zero-order valence-electron chi connectivity index (χ0n) is 8.83. The highest BCUT2D eigenvalue weighted by atomic mass is 16.4. The van der Waals surface area contributed by atoms with Crippen LogP contribution in [0.3, 0.4) is 0 Å². The Bertz CT molecular complexity index is 204. The Morgan fingerprint density at radius 2 is 1.86 bits per heavy atom. The maximum atomic E-state index is 11.0. The van der Waals surface area contributed by atoms with E-state index in [1.54, 1.807) is 6.92 Å². The number of rotatable bonds is 5. The zero-order chi connectivity index (χ0) is 11.1. The third kappa shape index (κ3) is 4.69. The fourth-order valence-corrected chi connectivity index (χ4v) is 1.03. The van der Waals surface area contributed by atoms with Crippen molar-refractivity contribution in [3.63, 3.8) is 0 Å². The topological polar surface area (TPSA) is 78.4 Å². The molecule has 1 atom stereocenters. The van der Waals surface area contributed by atoms with Crippen molar-refractivity contribution in [2.24, 2.45) is 11.8 Å². The molecule has 5 nitrogen and oxygen atoms in total. The zero-order valence-corrected chi connectivity index (χ0v) is 8.83. The van der Waals surface area contributed by atoms with Gasteiger partial charge in [0.25, 0.3) is 0 Å². The summed E-state index contributed by atoms with van der Waals surface area (Å²) in [7, 11) is 0. The van der Waals surface area contributed by atoms with E-state index >= 15 is 0 Å². The van der Waals surface area contributed by atoms with Crippen molar-refractivity contribution in [2.75, 3.05) is 13.1 Å². The molecule has 0 aromatic rings. The van der Waals surface area contributed by atoms with Crippen LogP contribution in [-0.2, 0) is 4.79 Å². The third-order valence-electron chi connectivity index (χ3n) is 1.94. The lowest BCUT2D eigenvalue weighted by molar-refractivity contribution is -0.142. The van der Waals surface area contributed by atoms with E-state index in [4.69, 9.17) is 5.11 Å². The number of aliphatic carboxylic acids is 1. The van der Waals surface area contributed by atoms with Crippen molar-refractivity contribution < 1.29 is 14.7 Å². The quantitative estimate of drug-likeness (QED) is 0.613. The standard InChI is InChI=1S/C9H18N2O3/c1-4-10-9(14)11-5-7(6(2)3)8(12)13/h6-7H,4-5H2,1-3H3,(H,12,13)(H2,10,11,14). The highest BCUT2D eigenvalue weighted by Gasteiger charge is 2.21. The molecule has 1 unspecified atom stereocenters. The molecule has 3 N–H and O–H groups in total. The highest BCUT2D eigenvalue weighted by molar-refractivity contribution is 5.75. The van der Waals surface area contributed by atoms with Crippen LogP contribution in [0.2, 0.25) is 0 Å². The van der Waals surface area contributed by atoms with Gasteiger partial charge in [0.1, 0.15) is 0 Å². The van der Waals surface area contributed by atoms with E-state index in [0.717, 1.165) is 0 Å². The Balaban J connectivity index is 3.94. The van der Waals surface area contributed by atoms with E-state index in [-0.39, 0.29) is 18.5 Å². The summed E-state index contributed by atoms with van der Waals surface area (Å²) in [6.45, 7) is 6.14. The van der Waals surface area contributed by atoms with Gasteiger partial charge >= 0.3 is 12.0 Å². The van der Waals surface area contributed by atoms with Crippen LogP contribution in [0.15, 0.2) is 0 Å². The number of carboxylic acids is 1. The summed E-state index contributed by atoms with van der Waals surface area (Å²) in [6.07, 6.45) is 0. The van der Waals surface area contributed by atoms with Gasteiger partial charge in [0, 0.05) is 13.1 Å². The number of urea groups is 1. The number of hydrogen-bond donors (Lipinski definition) is 3. The summed E-state index contributed by atoms with van der Waals surface area (Å²) in [5, 5.41) is 13.9. The Kier molecular flexibility index (Phi) is 5.67. The van der Waals surface area contributed by atoms with Crippen LogP contribution in [0.1, 0.15) is 20.8 Å². The van der Waals surface area contributed by atoms with Crippen LogP contribution in [-0.4, -0.2) is 30.2 Å². The molecule has 0 saturated heterocycles. The second kappa shape index (κ2) is 6.23. The summed E-state index contributed by atoms with van der Waals surface area (Å²) in [5.41, 5.74) is 0. The van der Waals surface area contributed by atoms with Crippen molar-refractivity contribution in [1.29, 1.82) is 0 Å². The van der Waals surface area contributed by atoms with Crippen molar-refractivity contribution in [3.8, 4) is 0 Å². The molecule has 2 amide bonds. The number of carbonyl (C=O) groups excluding carboxylic acids is 1. The largest absolute Gasteiger partial charge is 0.481 e. The van der Waals surface area contributed by atoms with Gasteiger partial charge in [-0.1, -0.05) is 13.8 Å². The Morgan fingerprint density at radius 1 is 1.29 bits per heavy atom. The first kappa shape index (κ1) is 12.7. The maximum absolute atomic E-state index is 11.0. The number of carbonyl (C=O) groups is 2. The maximum Gasteiger partial charge on any atom is 0.314 e. The molecule has 0 aromatic heterocycles. The van der Waals surface area contributed by atoms with Crippen LogP contribution in [0.4, 0.5) is 4.79 Å². The summed E-state index contributed by atoms with van der Waals surface area (Å²) in [5.74, 6) is -1.40. The molecule has 14 heavy (non-hydrogen) atoms. The number of carboxylic acid groups (broad SMARTS) is 1. The number of amides is 2. The van der Waals surface area contributed by atoms with Crippen LogP contribution >= 0.6 is 0 Å². The first-order chi connectivity index (χ1) is 6.49. The van der Waals surface area contributed by atoms with Crippen LogP contribution in [0.5, 0.6) is 0 Å². The lowest BCUT2D eigenvalue weighted by Gasteiger charge is -2.16. The normalized spacial score (nSPS) is 12.3. The van der Waals surface area contributed by atoms with Crippen molar-refractivity contribution in [2.45, 2.75) is 20.8 Å². The Morgan fingerprint density at radius 3 is 2.21 bits per heavy atom. The Hall–Kier alpha value is -1.26. The average molecular weight is 202 g/mol. The van der Waals surface area contributed by atoms with Gasteiger partial charge in [0.2, 0.25) is 0 Å². The van der Waals surface area contributed by atoms with E-state index in [0.29, 0.717) is 6.54 Å². The lowest BCUT2D eigenvalue weighted by atomic mass is 9.96. The van der Waals surface area contributed by atoms with Crippen molar-refractivity contribution in [3.05, 3.63) is 0 Å². The van der Waals surface area contributed by atoms with Gasteiger partial charge in [0.15, 0.2) is 0 Å². The SMILES string of the molecule is CCNC(=O)NCC(C(=O)O)C(C)C. The van der Waals surface area contributed by atoms with Gasteiger partial charge in [-0.2, -0.15) is 0 Å². The minimum atomic E-state index is -0.878. The predicted molar refractivity (Wildman–Crippen MR) is 53.0 cm³/mol. The first-order valence-electron chi connectivity index (χ1n) is 4.73. The third-order valence-corrected chi connectivity index (χ3v) is 1.94. The molecule has 5 heteroatoms. The first-order valence-corrected chi connectivity index (χ1v) is 4.73. The number of hydrogen-bond acceptors (Lipinski definition) is 2. The van der Waals surface area contributed by atoms with Crippen molar-refractivity contribution >= 4 is 12.0 Å². The molecule has 0 rings (SSSR count). The molecule has 0 aliphatic carbocycles. The van der Waals surface area contributed by atoms with Gasteiger partial charge < -0.3 is 15.7 Å². The molecule has 0 bridgehead atoms. The molecule has 0 saturated carbocycles. The summed E-state index contributed by atoms with van der Waals surface area (Å²) < 4.78 is 0. The molecule has 0 radical (unpaired) electrons. The van der Waals surface area contributed by atoms with Crippen LogP contribution in [0.25, 0.3) is 0 Å². The van der Waals surface area contributed by atoms with Gasteiger partial charge in [-0.05, 0) is 12.8 Å². The van der Waals surface area contributed by atoms with Gasteiger partial charge in [-0.3, -0.25) is 4.79 Å². The van der Waals surface area contributed by atoms with Crippen LogP contribution < -0.4 is 10.6 Å². The molecule has 0 spiro atoms. The van der Waals surface area contributed by atoms with Crippen molar-refractivity contribution in [1.82, 2.24) is 10.6 Å². The summed E-state index contributed by atoms with van der Waals surface area (Å²) in [4.78, 5) is 21.7. The van der Waals surface area contributed by atoms with E-state index < -0.39 is 11.9 Å². The molecular formula is C9H18N2O3. The smallest absolute Gasteiger partial charge is 0.314 e. The highest BCUT2D eigenvalue weighted by Crippen LogP contribution is 2.09. The molecule has 0 aliphatic rings. The lowest BCUT2D eigenvalue weighted by Crippen LogP contribution is -2.41. The Labute approximate surface area is 83.9 Å². The number of nitrogens with one attached hydrogen (secondary N) is 2. The monoisotopic (exact) mass is 202 g/mol. The van der Waals surface area contributed by atoms with E-state index in [1.807, 2.05) is 13.8 Å². The molecular weight excluding hydrogens is 184 g/mol. The predicted octanol–water partition coefficient (Wildman–Crippen LogP) is 0.662. The molecule has 0 heterocycles. The van der Waals surface area contributed by atoms with Gasteiger partial charge in [-0.25, -0.2) is 4.79 Å². The van der Waals surface area contributed by atoms with Gasteiger partial charge in [-0.15, -0.1) is 0 Å². The van der Waals surface area contributed by atoms with E-state index in [1.165, 1.54) is 0 Å².